The second kappa shape index (κ2) is 11.5. The molecule has 6 nitrogen and oxygen atoms in total. The number of imidazole rings is 1. The number of hydrogen-bond donors (Lipinski definition) is 1. The first-order chi connectivity index (χ1) is 18.4. The highest BCUT2D eigenvalue weighted by molar-refractivity contribution is 7.20. The van der Waals surface area contributed by atoms with E-state index in [1.54, 1.807) is 18.3 Å². The van der Waals surface area contributed by atoms with Crippen LogP contribution >= 0.6 is 11.3 Å². The molecule has 0 atom stereocenters. The minimum Gasteiger partial charge on any atom is -0.466 e. The number of carbonyl (C=O) groups is 2. The maximum atomic E-state index is 14.0. The number of aromatic nitrogens is 2. The number of benzene rings is 2. The number of nitrogens with zero attached hydrogens (tertiary/aromatic N) is 2. The monoisotopic (exact) mass is 533 g/mol. The van der Waals surface area contributed by atoms with Gasteiger partial charge in [0.1, 0.15) is 11.5 Å². The number of ether oxygens (including phenoxy) is 1. The first kappa shape index (κ1) is 26.1. The molecular formula is C30H32FN3O3S. The van der Waals surface area contributed by atoms with Gasteiger partial charge in [0, 0.05) is 30.9 Å². The lowest BCUT2D eigenvalue weighted by Crippen LogP contribution is -2.23. The topological polar surface area (TPSA) is 72.7 Å². The van der Waals surface area contributed by atoms with E-state index in [0.29, 0.717) is 36.1 Å². The smallest absolute Gasteiger partial charge is 0.306 e. The highest BCUT2D eigenvalue weighted by atomic mass is 32.1. The standard InChI is InChI=1S/C30H32FN3O3S/c1-3-37-28(35)15-20-5-7-21(8-6-20)22-9-11-23(12-10-22)27-18-34-17-26(33-30(34)38-27)29(36)32-16-24-14-19(2)4-13-25(24)31/h4,9-14,17-18,20-21H,3,5-8,15-16H2,1-2H3,(H,32,36)/t20-,21-. The number of rotatable bonds is 8. The molecule has 2 aromatic heterocycles. The Morgan fingerprint density at radius 1 is 1.11 bits per heavy atom. The van der Waals surface area contributed by atoms with Crippen LogP contribution in [-0.4, -0.2) is 27.9 Å². The van der Waals surface area contributed by atoms with Crippen molar-refractivity contribution in [3.05, 3.63) is 83.1 Å². The third-order valence-electron chi connectivity index (χ3n) is 7.30. The summed E-state index contributed by atoms with van der Waals surface area (Å²) >= 11 is 1.53. The third-order valence-corrected chi connectivity index (χ3v) is 8.35. The predicted octanol–water partition coefficient (Wildman–Crippen LogP) is 6.67. The molecule has 0 aliphatic heterocycles. The molecule has 8 heteroatoms. The van der Waals surface area contributed by atoms with Gasteiger partial charge in [-0.25, -0.2) is 9.37 Å². The van der Waals surface area contributed by atoms with Gasteiger partial charge in [-0.1, -0.05) is 53.3 Å². The molecule has 0 unspecified atom stereocenters. The van der Waals surface area contributed by atoms with Crippen molar-refractivity contribution >= 4 is 28.2 Å². The van der Waals surface area contributed by atoms with Crippen LogP contribution in [0.5, 0.6) is 0 Å². The average Bonchev–Trinajstić information content (AvgIpc) is 3.50. The summed E-state index contributed by atoms with van der Waals surface area (Å²) in [5, 5.41) is 2.76. The maximum Gasteiger partial charge on any atom is 0.306 e. The van der Waals surface area contributed by atoms with E-state index in [1.807, 2.05) is 24.4 Å². The summed E-state index contributed by atoms with van der Waals surface area (Å²) in [5.74, 6) is 0.219. The number of nitrogens with one attached hydrogen (secondary N) is 1. The van der Waals surface area contributed by atoms with Crippen LogP contribution in [0.25, 0.3) is 15.4 Å². The minimum absolute atomic E-state index is 0.0759. The van der Waals surface area contributed by atoms with Crippen LogP contribution in [0.2, 0.25) is 0 Å². The Balaban J connectivity index is 1.18. The molecule has 0 bridgehead atoms. The zero-order chi connectivity index (χ0) is 26.6. The number of esters is 1. The number of carbonyl (C=O) groups excluding carboxylic acids is 2. The number of fused-ring (bicyclic) bond motifs is 1. The highest BCUT2D eigenvalue weighted by Crippen LogP contribution is 2.38. The van der Waals surface area contributed by atoms with Gasteiger partial charge in [0.25, 0.3) is 5.91 Å². The quantitative estimate of drug-likeness (QED) is 0.257. The van der Waals surface area contributed by atoms with Crippen molar-refractivity contribution in [3.8, 4) is 10.4 Å². The largest absolute Gasteiger partial charge is 0.466 e. The van der Waals surface area contributed by atoms with Crippen molar-refractivity contribution in [1.29, 1.82) is 0 Å². The van der Waals surface area contributed by atoms with Crippen LogP contribution in [0, 0.1) is 18.7 Å². The van der Waals surface area contributed by atoms with Crippen LogP contribution < -0.4 is 5.32 Å². The van der Waals surface area contributed by atoms with Crippen molar-refractivity contribution in [2.24, 2.45) is 5.92 Å². The average molecular weight is 534 g/mol. The summed E-state index contributed by atoms with van der Waals surface area (Å²) in [6, 6.07) is 13.6. The third kappa shape index (κ3) is 5.96. The van der Waals surface area contributed by atoms with Gasteiger partial charge in [-0.3, -0.25) is 14.0 Å². The number of thiazole rings is 1. The van der Waals surface area contributed by atoms with E-state index in [0.717, 1.165) is 46.6 Å². The molecule has 5 rings (SSSR count). The van der Waals surface area contributed by atoms with E-state index in [1.165, 1.54) is 23.0 Å². The Labute approximate surface area is 225 Å². The molecule has 1 aliphatic carbocycles. The molecule has 1 aliphatic rings. The van der Waals surface area contributed by atoms with Crippen LogP contribution in [0.15, 0.2) is 54.9 Å². The molecular weight excluding hydrogens is 501 g/mol. The zero-order valence-electron chi connectivity index (χ0n) is 21.7. The molecule has 38 heavy (non-hydrogen) atoms. The first-order valence-corrected chi connectivity index (χ1v) is 14.0. The molecule has 198 valence electrons. The van der Waals surface area contributed by atoms with E-state index < -0.39 is 0 Å². The normalized spacial score (nSPS) is 17.4. The number of halogens is 1. The van der Waals surface area contributed by atoms with E-state index in [2.05, 4.69) is 34.6 Å². The molecule has 0 saturated heterocycles. The molecule has 0 radical (unpaired) electrons. The minimum atomic E-state index is -0.334. The zero-order valence-corrected chi connectivity index (χ0v) is 22.5. The fourth-order valence-electron chi connectivity index (χ4n) is 5.22. The summed E-state index contributed by atoms with van der Waals surface area (Å²) in [4.78, 5) is 30.7. The van der Waals surface area contributed by atoms with Gasteiger partial charge in [0.15, 0.2) is 4.96 Å². The summed E-state index contributed by atoms with van der Waals surface area (Å²) in [6.45, 7) is 4.30. The van der Waals surface area contributed by atoms with Gasteiger partial charge in [0.2, 0.25) is 0 Å². The Morgan fingerprint density at radius 3 is 2.58 bits per heavy atom. The van der Waals surface area contributed by atoms with Gasteiger partial charge >= 0.3 is 5.97 Å². The molecule has 1 fully saturated rings. The molecule has 1 saturated carbocycles. The Hall–Kier alpha value is -3.52. The van der Waals surface area contributed by atoms with Gasteiger partial charge in [0.05, 0.1) is 11.5 Å². The Kier molecular flexibility index (Phi) is 7.88. The summed E-state index contributed by atoms with van der Waals surface area (Å²) < 4.78 is 20.9. The van der Waals surface area contributed by atoms with Gasteiger partial charge in [-0.05, 0) is 68.6 Å². The lowest BCUT2D eigenvalue weighted by atomic mass is 9.77. The molecule has 0 spiro atoms. The summed E-state index contributed by atoms with van der Waals surface area (Å²) in [6.07, 6.45) is 8.54. The second-order valence-electron chi connectivity index (χ2n) is 10.0. The molecule has 2 heterocycles. The Morgan fingerprint density at radius 2 is 1.87 bits per heavy atom. The summed E-state index contributed by atoms with van der Waals surface area (Å²) in [5.41, 5.74) is 4.16. The van der Waals surface area contributed by atoms with E-state index in [-0.39, 0.29) is 24.2 Å². The number of aryl methyl sites for hydroxylation is 1. The number of amides is 1. The lowest BCUT2D eigenvalue weighted by molar-refractivity contribution is -0.144. The fourth-order valence-corrected chi connectivity index (χ4v) is 6.19. The second-order valence-corrected chi connectivity index (χ2v) is 11.0. The van der Waals surface area contributed by atoms with Crippen molar-refractivity contribution in [1.82, 2.24) is 14.7 Å². The van der Waals surface area contributed by atoms with Crippen molar-refractivity contribution in [3.63, 3.8) is 0 Å². The van der Waals surface area contributed by atoms with Crippen LogP contribution in [-0.2, 0) is 16.1 Å². The van der Waals surface area contributed by atoms with Gasteiger partial charge in [-0.2, -0.15) is 0 Å². The molecule has 1 amide bonds. The van der Waals surface area contributed by atoms with Crippen molar-refractivity contribution in [2.75, 3.05) is 6.61 Å². The van der Waals surface area contributed by atoms with Crippen molar-refractivity contribution in [2.45, 2.75) is 58.4 Å². The SMILES string of the molecule is CCOC(=O)C[C@H]1CC[C@H](c2ccc(-c3cn4cc(C(=O)NCc5cc(C)ccc5F)nc4s3)cc2)CC1. The lowest BCUT2D eigenvalue weighted by Gasteiger charge is -2.28. The Bertz CT molecular complexity index is 1400. The van der Waals surface area contributed by atoms with Crippen molar-refractivity contribution < 1.29 is 18.7 Å². The predicted molar refractivity (Wildman–Crippen MR) is 147 cm³/mol. The van der Waals surface area contributed by atoms with Gasteiger partial charge in [-0.15, -0.1) is 0 Å². The molecule has 1 N–H and O–H groups in total. The van der Waals surface area contributed by atoms with Crippen LogP contribution in [0.4, 0.5) is 4.39 Å². The maximum absolute atomic E-state index is 14.0. The van der Waals surface area contributed by atoms with Crippen LogP contribution in [0.1, 0.15) is 72.1 Å². The van der Waals surface area contributed by atoms with E-state index >= 15 is 0 Å². The number of hydrogen-bond acceptors (Lipinski definition) is 5. The fraction of sp³-hybridized carbons (Fsp3) is 0.367. The molecule has 2 aromatic carbocycles. The highest BCUT2D eigenvalue weighted by Gasteiger charge is 2.24. The first-order valence-electron chi connectivity index (χ1n) is 13.2. The molecule has 4 aromatic rings. The van der Waals surface area contributed by atoms with E-state index in [9.17, 15) is 14.0 Å². The summed E-state index contributed by atoms with van der Waals surface area (Å²) in [7, 11) is 0. The van der Waals surface area contributed by atoms with Gasteiger partial charge < -0.3 is 10.1 Å². The van der Waals surface area contributed by atoms with E-state index in [4.69, 9.17) is 4.74 Å². The van der Waals surface area contributed by atoms with Crippen LogP contribution in [0.3, 0.4) is 0 Å².